The lowest BCUT2D eigenvalue weighted by molar-refractivity contribution is -0.196. The summed E-state index contributed by atoms with van der Waals surface area (Å²) in [5, 5.41) is 0. The van der Waals surface area contributed by atoms with Gasteiger partial charge >= 0.3 is 6.18 Å². The average Bonchev–Trinajstić information content (AvgIpc) is 2.52. The van der Waals surface area contributed by atoms with Crippen molar-refractivity contribution in [2.45, 2.75) is 83.2 Å². The molecule has 1 atom stereocenters. The fourth-order valence-electron chi connectivity index (χ4n) is 4.22. The highest BCUT2D eigenvalue weighted by molar-refractivity contribution is 4.86. The summed E-state index contributed by atoms with van der Waals surface area (Å²) in [4.78, 5) is 3.43. The third kappa shape index (κ3) is 7.06. The van der Waals surface area contributed by atoms with Gasteiger partial charge in [0.25, 0.3) is 0 Å². The lowest BCUT2D eigenvalue weighted by atomic mass is 9.84. The first kappa shape index (κ1) is 21.0. The van der Waals surface area contributed by atoms with Crippen molar-refractivity contribution in [1.82, 2.24) is 9.80 Å². The van der Waals surface area contributed by atoms with E-state index in [9.17, 15) is 13.2 Å². The zero-order chi connectivity index (χ0) is 18.4. The first-order valence-electron chi connectivity index (χ1n) is 9.90. The third-order valence-electron chi connectivity index (χ3n) is 5.64. The van der Waals surface area contributed by atoms with Gasteiger partial charge in [-0.3, -0.25) is 4.90 Å². The van der Waals surface area contributed by atoms with Gasteiger partial charge < -0.3 is 9.64 Å². The molecule has 6 heteroatoms. The van der Waals surface area contributed by atoms with Crippen LogP contribution in [0.25, 0.3) is 0 Å². The molecular formula is C19H35F3N2O. The first-order chi connectivity index (χ1) is 11.8. The van der Waals surface area contributed by atoms with Crippen molar-refractivity contribution in [3.63, 3.8) is 0 Å². The number of nitrogens with zero attached hydrogens (tertiary/aromatic N) is 2. The van der Waals surface area contributed by atoms with Crippen molar-refractivity contribution in [1.29, 1.82) is 0 Å². The van der Waals surface area contributed by atoms with Gasteiger partial charge in [-0.15, -0.1) is 0 Å². The van der Waals surface area contributed by atoms with Crippen LogP contribution >= 0.6 is 0 Å². The minimum absolute atomic E-state index is 0.101. The summed E-state index contributed by atoms with van der Waals surface area (Å²) in [6.45, 7) is 6.09. The van der Waals surface area contributed by atoms with Gasteiger partial charge in [0.1, 0.15) is 6.04 Å². The average molecular weight is 364 g/mol. The summed E-state index contributed by atoms with van der Waals surface area (Å²) in [5.74, 6) is 0.734. The summed E-state index contributed by atoms with van der Waals surface area (Å²) in [7, 11) is 1.77. The molecule has 0 aromatic heterocycles. The Balaban J connectivity index is 1.64. The van der Waals surface area contributed by atoms with E-state index in [1.807, 2.05) is 0 Å². The fourth-order valence-corrected chi connectivity index (χ4v) is 4.22. The number of unbranched alkanes of at least 4 members (excludes halogenated alkanes) is 1. The molecular weight excluding hydrogens is 329 g/mol. The molecule has 2 fully saturated rings. The van der Waals surface area contributed by atoms with Crippen molar-refractivity contribution in [3.8, 4) is 0 Å². The van der Waals surface area contributed by atoms with Crippen LogP contribution in [0.2, 0.25) is 0 Å². The van der Waals surface area contributed by atoms with Crippen LogP contribution in [0, 0.1) is 5.92 Å². The smallest absolute Gasteiger partial charge is 0.376 e. The summed E-state index contributed by atoms with van der Waals surface area (Å²) >= 11 is 0. The van der Waals surface area contributed by atoms with Gasteiger partial charge in [0, 0.05) is 19.6 Å². The number of hydrogen-bond donors (Lipinski definition) is 0. The van der Waals surface area contributed by atoms with E-state index in [1.54, 1.807) is 16.8 Å². The number of alkyl halides is 3. The highest BCUT2D eigenvalue weighted by atomic mass is 19.4. The zero-order valence-corrected chi connectivity index (χ0v) is 16.0. The van der Waals surface area contributed by atoms with E-state index in [4.69, 9.17) is 4.74 Å². The Morgan fingerprint density at radius 3 is 2.32 bits per heavy atom. The van der Waals surface area contributed by atoms with Gasteiger partial charge in [0.2, 0.25) is 0 Å². The van der Waals surface area contributed by atoms with Crippen LogP contribution < -0.4 is 0 Å². The molecule has 2 rings (SSSR count). The molecule has 0 aromatic rings. The molecule has 1 heterocycles. The van der Waals surface area contributed by atoms with Crippen LogP contribution in [0.5, 0.6) is 0 Å². The topological polar surface area (TPSA) is 15.7 Å². The van der Waals surface area contributed by atoms with Crippen molar-refractivity contribution >= 4 is 0 Å². The molecule has 148 valence electrons. The van der Waals surface area contributed by atoms with E-state index in [1.165, 1.54) is 12.8 Å². The molecule has 25 heavy (non-hydrogen) atoms. The highest BCUT2D eigenvalue weighted by Gasteiger charge is 2.45. The van der Waals surface area contributed by atoms with E-state index >= 15 is 0 Å². The maximum Gasteiger partial charge on any atom is 0.405 e. The molecule has 0 bridgehead atoms. The lowest BCUT2D eigenvalue weighted by Gasteiger charge is -2.40. The summed E-state index contributed by atoms with van der Waals surface area (Å²) < 4.78 is 45.5. The van der Waals surface area contributed by atoms with Crippen LogP contribution in [0.4, 0.5) is 13.2 Å². The third-order valence-corrected chi connectivity index (χ3v) is 5.64. The fraction of sp³-hybridized carbons (Fsp3) is 1.00. The second-order valence-corrected chi connectivity index (χ2v) is 8.18. The number of ether oxygens (including phenoxy) is 1. The number of likely N-dealkylation sites (N-methyl/N-ethyl adjacent to an activating group) is 1. The van der Waals surface area contributed by atoms with Crippen LogP contribution in [0.1, 0.15) is 58.8 Å². The Labute approximate surface area is 150 Å². The van der Waals surface area contributed by atoms with E-state index < -0.39 is 12.2 Å². The number of hydrogen-bond acceptors (Lipinski definition) is 3. The Hall–Kier alpha value is -0.330. The van der Waals surface area contributed by atoms with Crippen molar-refractivity contribution < 1.29 is 17.9 Å². The number of halogens is 3. The SMILES string of the molecule is CC(C)O[C@H]1CC[C@H](CCCCN2CCN(C)CC2C(F)(F)F)CC1. The molecule has 0 amide bonds. The van der Waals surface area contributed by atoms with Gasteiger partial charge in [-0.2, -0.15) is 13.2 Å². The van der Waals surface area contributed by atoms with Crippen LogP contribution in [0.3, 0.4) is 0 Å². The van der Waals surface area contributed by atoms with Gasteiger partial charge in [-0.05, 0) is 65.5 Å². The second kappa shape index (κ2) is 9.56. The largest absolute Gasteiger partial charge is 0.405 e. The second-order valence-electron chi connectivity index (χ2n) is 8.18. The molecule has 0 aromatic carbocycles. The monoisotopic (exact) mass is 364 g/mol. The van der Waals surface area contributed by atoms with Crippen LogP contribution in [-0.2, 0) is 4.74 Å². The molecule has 0 radical (unpaired) electrons. The molecule has 0 N–H and O–H groups in total. The first-order valence-corrected chi connectivity index (χ1v) is 9.90. The molecule has 1 aliphatic heterocycles. The van der Waals surface area contributed by atoms with Crippen molar-refractivity contribution in [2.75, 3.05) is 33.2 Å². The summed E-state index contributed by atoms with van der Waals surface area (Å²) in [6, 6.07) is -1.30. The van der Waals surface area contributed by atoms with E-state index in [-0.39, 0.29) is 6.54 Å². The minimum atomic E-state index is -4.12. The van der Waals surface area contributed by atoms with Crippen molar-refractivity contribution in [2.24, 2.45) is 5.92 Å². The predicted molar refractivity (Wildman–Crippen MR) is 94.7 cm³/mol. The zero-order valence-electron chi connectivity index (χ0n) is 16.0. The maximum absolute atomic E-state index is 13.2. The molecule has 1 saturated heterocycles. The van der Waals surface area contributed by atoms with E-state index in [0.717, 1.165) is 44.6 Å². The highest BCUT2D eigenvalue weighted by Crippen LogP contribution is 2.31. The normalized spacial score (nSPS) is 30.1. The quantitative estimate of drug-likeness (QED) is 0.626. The Bertz CT molecular complexity index is 381. The molecule has 1 aliphatic carbocycles. The summed E-state index contributed by atoms with van der Waals surface area (Å²) in [6.07, 6.45) is 4.34. The predicted octanol–water partition coefficient (Wildman–Crippen LogP) is 4.32. The Morgan fingerprint density at radius 1 is 1.04 bits per heavy atom. The van der Waals surface area contributed by atoms with Gasteiger partial charge in [0.05, 0.1) is 12.2 Å². The van der Waals surface area contributed by atoms with E-state index in [0.29, 0.717) is 25.3 Å². The molecule has 1 unspecified atom stereocenters. The number of piperazine rings is 1. The maximum atomic E-state index is 13.2. The van der Waals surface area contributed by atoms with Crippen LogP contribution in [-0.4, -0.2) is 67.5 Å². The lowest BCUT2D eigenvalue weighted by Crippen LogP contribution is -2.58. The summed E-state index contributed by atoms with van der Waals surface area (Å²) in [5.41, 5.74) is 0. The van der Waals surface area contributed by atoms with Crippen LogP contribution in [0.15, 0.2) is 0 Å². The molecule has 1 saturated carbocycles. The van der Waals surface area contributed by atoms with Gasteiger partial charge in [-0.25, -0.2) is 0 Å². The van der Waals surface area contributed by atoms with E-state index in [2.05, 4.69) is 13.8 Å². The standard InChI is InChI=1S/C19H35F3N2O/c1-15(2)25-17-9-7-16(8-10-17)6-4-5-11-24-13-12-23(3)14-18(24)19(20,21)22/h15-18H,4-14H2,1-3H3/t16-,17-,18?. The van der Waals surface area contributed by atoms with Crippen molar-refractivity contribution in [3.05, 3.63) is 0 Å². The molecule has 0 spiro atoms. The Morgan fingerprint density at radius 2 is 1.72 bits per heavy atom. The Kier molecular flexibility index (Phi) is 8.02. The number of rotatable bonds is 7. The molecule has 3 nitrogen and oxygen atoms in total. The molecule has 2 aliphatic rings. The minimum Gasteiger partial charge on any atom is -0.376 e. The van der Waals surface area contributed by atoms with Gasteiger partial charge in [0.15, 0.2) is 0 Å². The van der Waals surface area contributed by atoms with Gasteiger partial charge in [-0.1, -0.05) is 12.8 Å².